The molecule has 0 radical (unpaired) electrons. The number of nitrogens with two attached hydrogens (primary N) is 2. The number of benzene rings is 1. The average Bonchev–Trinajstić information content (AvgIpc) is 2.79. The second kappa shape index (κ2) is 18.5. The summed E-state index contributed by atoms with van der Waals surface area (Å²) in [6.45, 7) is 7.48. The molecule has 0 bridgehead atoms. The highest BCUT2D eigenvalue weighted by atomic mass is 16.6. The van der Waals surface area contributed by atoms with Gasteiger partial charge in [0.05, 0.1) is 59.0 Å². The zero-order valence-corrected chi connectivity index (χ0v) is 20.0. The van der Waals surface area contributed by atoms with Crippen molar-refractivity contribution in [1.29, 1.82) is 0 Å². The lowest BCUT2D eigenvalue weighted by molar-refractivity contribution is -0.122. The highest BCUT2D eigenvalue weighted by molar-refractivity contribution is 5.76. The van der Waals surface area contributed by atoms with Crippen molar-refractivity contribution in [1.82, 2.24) is 0 Å². The largest absolute Gasteiger partial charge is 0.379 e. The van der Waals surface area contributed by atoms with E-state index < -0.39 is 0 Å². The third-order valence-electron chi connectivity index (χ3n) is 4.82. The second-order valence-corrected chi connectivity index (χ2v) is 7.84. The first-order valence-corrected chi connectivity index (χ1v) is 11.4. The van der Waals surface area contributed by atoms with Gasteiger partial charge in [-0.25, -0.2) is 0 Å². The van der Waals surface area contributed by atoms with Crippen molar-refractivity contribution in [2.45, 2.75) is 51.9 Å². The van der Waals surface area contributed by atoms with Crippen LogP contribution in [0, 0.1) is 0 Å². The number of Topliss-reactive ketones (excluding diaryl/α,β-unsaturated/α-hetero) is 1. The van der Waals surface area contributed by atoms with Gasteiger partial charge < -0.3 is 35.2 Å². The maximum atomic E-state index is 10.8. The molecule has 0 heterocycles. The predicted octanol–water partition coefficient (Wildman–Crippen LogP) is 1.38. The number of carbonyl (C=O) groups excluding carboxylic acids is 2. The molecule has 33 heavy (non-hydrogen) atoms. The molecule has 0 spiro atoms. The normalized spacial score (nSPS) is 13.1. The topological polar surface area (TPSA) is 132 Å². The summed E-state index contributed by atoms with van der Waals surface area (Å²) in [5.74, 6) is -0.341. The van der Waals surface area contributed by atoms with E-state index in [0.29, 0.717) is 59.3 Å². The van der Waals surface area contributed by atoms with Gasteiger partial charge in [0.1, 0.15) is 6.61 Å². The third-order valence-corrected chi connectivity index (χ3v) is 4.82. The predicted molar refractivity (Wildman–Crippen MR) is 125 cm³/mol. The minimum Gasteiger partial charge on any atom is -0.379 e. The highest BCUT2D eigenvalue weighted by Gasteiger charge is 2.14. The Kier molecular flexibility index (Phi) is 16.4. The van der Waals surface area contributed by atoms with Crippen molar-refractivity contribution in [3.8, 4) is 0 Å². The van der Waals surface area contributed by atoms with Gasteiger partial charge in [0.15, 0.2) is 5.78 Å². The molecular formula is C24H40N2O7. The number of carbonyl (C=O) groups is 2. The molecule has 9 heteroatoms. The summed E-state index contributed by atoms with van der Waals surface area (Å²) in [6, 6.07) is 7.97. The summed E-state index contributed by atoms with van der Waals surface area (Å²) in [6.07, 6.45) is 1.45. The van der Waals surface area contributed by atoms with Crippen LogP contribution in [0.15, 0.2) is 24.3 Å². The summed E-state index contributed by atoms with van der Waals surface area (Å²) in [7, 11) is 0. The maximum Gasteiger partial charge on any atom is 0.217 e. The van der Waals surface area contributed by atoms with Gasteiger partial charge in [-0.1, -0.05) is 24.3 Å². The van der Waals surface area contributed by atoms with Gasteiger partial charge in [-0.3, -0.25) is 9.59 Å². The molecule has 4 N–H and O–H groups in total. The lowest BCUT2D eigenvalue weighted by Gasteiger charge is -2.20. The standard InChI is InChI=1S/C24H40N2O7/c1-19(27)17-32-16-15-31-14-13-30-12-11-29-10-9-21-3-5-22(6-4-21)18-33-20(2)23(25)7-8-24(26)28/h3-6,20,23H,7-18,25H2,1-2H3,(H2,26,28)/t20-,23+/m1/s1. The Morgan fingerprint density at radius 2 is 1.36 bits per heavy atom. The molecule has 0 aliphatic heterocycles. The number of ketones is 1. The van der Waals surface area contributed by atoms with Crippen molar-refractivity contribution in [2.75, 3.05) is 52.9 Å². The van der Waals surface area contributed by atoms with Crippen LogP contribution < -0.4 is 11.5 Å². The SMILES string of the molecule is CC(=O)COCCOCCOCCOCCc1ccc(CO[C@H](C)[C@@H](N)CCC(N)=O)cc1. The molecule has 2 atom stereocenters. The minimum absolute atomic E-state index is 0.00622. The van der Waals surface area contributed by atoms with E-state index in [2.05, 4.69) is 12.1 Å². The van der Waals surface area contributed by atoms with E-state index >= 15 is 0 Å². The minimum atomic E-state index is -0.347. The summed E-state index contributed by atoms with van der Waals surface area (Å²) in [5.41, 5.74) is 13.4. The first-order chi connectivity index (χ1) is 15.9. The van der Waals surface area contributed by atoms with Crippen LogP contribution in [0.1, 0.15) is 37.8 Å². The monoisotopic (exact) mass is 468 g/mol. The molecule has 0 fully saturated rings. The maximum absolute atomic E-state index is 10.8. The number of rotatable bonds is 21. The van der Waals surface area contributed by atoms with Crippen LogP contribution >= 0.6 is 0 Å². The Bertz CT molecular complexity index is 655. The van der Waals surface area contributed by atoms with Crippen LogP contribution in [0.3, 0.4) is 0 Å². The third kappa shape index (κ3) is 16.4. The number of primary amides is 1. The fraction of sp³-hybridized carbons (Fsp3) is 0.667. The Labute approximate surface area is 197 Å². The molecule has 0 saturated carbocycles. The second-order valence-electron chi connectivity index (χ2n) is 7.84. The van der Waals surface area contributed by atoms with Gasteiger partial charge in [-0.2, -0.15) is 0 Å². The van der Waals surface area contributed by atoms with E-state index in [1.807, 2.05) is 19.1 Å². The molecule has 1 aromatic rings. The first-order valence-electron chi connectivity index (χ1n) is 11.4. The summed E-state index contributed by atoms with van der Waals surface area (Å²) in [5, 5.41) is 0. The Morgan fingerprint density at radius 1 is 0.848 bits per heavy atom. The van der Waals surface area contributed by atoms with Gasteiger partial charge in [0, 0.05) is 12.5 Å². The van der Waals surface area contributed by atoms with Crippen molar-refractivity contribution < 1.29 is 33.3 Å². The fourth-order valence-corrected chi connectivity index (χ4v) is 2.76. The van der Waals surface area contributed by atoms with Gasteiger partial charge in [0.25, 0.3) is 0 Å². The van der Waals surface area contributed by atoms with Crippen LogP contribution in [-0.4, -0.2) is 76.7 Å². The van der Waals surface area contributed by atoms with Crippen LogP contribution in [0.25, 0.3) is 0 Å². The summed E-state index contributed by atoms with van der Waals surface area (Å²) < 4.78 is 27.3. The van der Waals surface area contributed by atoms with Gasteiger partial charge in [-0.05, 0) is 37.8 Å². The van der Waals surface area contributed by atoms with Crippen LogP contribution in [0.5, 0.6) is 0 Å². The first kappa shape index (κ1) is 29.2. The van der Waals surface area contributed by atoms with Crippen molar-refractivity contribution in [2.24, 2.45) is 11.5 Å². The smallest absolute Gasteiger partial charge is 0.217 e. The van der Waals surface area contributed by atoms with Gasteiger partial charge in [-0.15, -0.1) is 0 Å². The van der Waals surface area contributed by atoms with E-state index in [1.54, 1.807) is 0 Å². The van der Waals surface area contributed by atoms with E-state index in [4.69, 9.17) is 35.2 Å². The van der Waals surface area contributed by atoms with E-state index in [9.17, 15) is 9.59 Å². The molecule has 0 aromatic heterocycles. The lowest BCUT2D eigenvalue weighted by Crippen LogP contribution is -2.35. The fourth-order valence-electron chi connectivity index (χ4n) is 2.76. The van der Waals surface area contributed by atoms with E-state index in [-0.39, 0.29) is 36.9 Å². The summed E-state index contributed by atoms with van der Waals surface area (Å²) >= 11 is 0. The van der Waals surface area contributed by atoms with Crippen molar-refractivity contribution in [3.63, 3.8) is 0 Å². The lowest BCUT2D eigenvalue weighted by atomic mass is 10.1. The zero-order valence-electron chi connectivity index (χ0n) is 20.0. The molecule has 0 aliphatic rings. The molecule has 1 amide bonds. The van der Waals surface area contributed by atoms with Gasteiger partial charge >= 0.3 is 0 Å². The Hall–Kier alpha value is -1.88. The molecule has 1 aromatic carbocycles. The zero-order chi connectivity index (χ0) is 24.3. The molecule has 0 unspecified atom stereocenters. The quantitative estimate of drug-likeness (QED) is 0.259. The molecule has 0 saturated heterocycles. The summed E-state index contributed by atoms with van der Waals surface area (Å²) in [4.78, 5) is 21.5. The molecule has 0 aliphatic carbocycles. The molecular weight excluding hydrogens is 428 g/mol. The number of amides is 1. The van der Waals surface area contributed by atoms with Crippen LogP contribution in [0.4, 0.5) is 0 Å². The average molecular weight is 469 g/mol. The van der Waals surface area contributed by atoms with Gasteiger partial charge in [0.2, 0.25) is 5.91 Å². The van der Waals surface area contributed by atoms with E-state index in [1.165, 1.54) is 12.5 Å². The number of hydrogen-bond acceptors (Lipinski definition) is 8. The van der Waals surface area contributed by atoms with Crippen LogP contribution in [0.2, 0.25) is 0 Å². The van der Waals surface area contributed by atoms with Crippen molar-refractivity contribution in [3.05, 3.63) is 35.4 Å². The number of hydrogen-bond donors (Lipinski definition) is 2. The van der Waals surface area contributed by atoms with E-state index in [0.717, 1.165) is 12.0 Å². The Balaban J connectivity index is 2.01. The Morgan fingerprint density at radius 3 is 1.91 bits per heavy atom. The van der Waals surface area contributed by atoms with Crippen LogP contribution in [-0.2, 0) is 46.3 Å². The number of ether oxygens (including phenoxy) is 5. The van der Waals surface area contributed by atoms with Crippen molar-refractivity contribution >= 4 is 11.7 Å². The molecule has 1 rings (SSSR count). The molecule has 9 nitrogen and oxygen atoms in total. The molecule has 188 valence electrons. The highest BCUT2D eigenvalue weighted by Crippen LogP contribution is 2.10.